The number of anilines is 1. The Labute approximate surface area is 185 Å². The zero-order valence-electron chi connectivity index (χ0n) is 17.5. The first-order chi connectivity index (χ1) is 15.5. The van der Waals surface area contributed by atoms with Crippen molar-refractivity contribution in [3.05, 3.63) is 95.7 Å². The van der Waals surface area contributed by atoms with Gasteiger partial charge >= 0.3 is 5.97 Å². The molecule has 0 saturated heterocycles. The van der Waals surface area contributed by atoms with Crippen LogP contribution in [-0.2, 0) is 14.3 Å². The predicted octanol–water partition coefficient (Wildman–Crippen LogP) is 3.87. The van der Waals surface area contributed by atoms with Crippen molar-refractivity contribution in [3.63, 3.8) is 0 Å². The Kier molecular flexibility index (Phi) is 9.93. The molecule has 168 valence electrons. The zero-order chi connectivity index (χ0) is 23.3. The van der Waals surface area contributed by atoms with E-state index in [0.29, 0.717) is 23.1 Å². The fourth-order valence-corrected chi connectivity index (χ4v) is 2.87. The van der Waals surface area contributed by atoms with Gasteiger partial charge in [0.25, 0.3) is 5.91 Å². The Morgan fingerprint density at radius 2 is 2.19 bits per heavy atom. The molecular formula is C24H25F2N3O3. The minimum absolute atomic E-state index is 0.0154. The van der Waals surface area contributed by atoms with E-state index in [4.69, 9.17) is 10.5 Å². The van der Waals surface area contributed by atoms with Crippen molar-refractivity contribution in [1.82, 2.24) is 4.98 Å². The number of rotatable bonds is 10. The number of nitrogens with two attached hydrogens (primary N) is 1. The lowest BCUT2D eigenvalue weighted by molar-refractivity contribution is -0.142. The summed E-state index contributed by atoms with van der Waals surface area (Å²) in [6.45, 7) is 2.77. The molecule has 1 aliphatic carbocycles. The van der Waals surface area contributed by atoms with Gasteiger partial charge in [0.15, 0.2) is 5.82 Å². The van der Waals surface area contributed by atoms with E-state index < -0.39 is 24.4 Å². The Bertz CT molecular complexity index is 1010. The molecule has 0 fully saturated rings. The fraction of sp³-hybridized carbons (Fsp3) is 0.208. The molecule has 0 saturated carbocycles. The Morgan fingerprint density at radius 3 is 2.88 bits per heavy atom. The van der Waals surface area contributed by atoms with E-state index in [1.165, 1.54) is 12.3 Å². The summed E-state index contributed by atoms with van der Waals surface area (Å²) in [7, 11) is 0. The van der Waals surface area contributed by atoms with Gasteiger partial charge in [-0.2, -0.15) is 0 Å². The highest BCUT2D eigenvalue weighted by molar-refractivity contribution is 6.04. The molecule has 1 aliphatic rings. The quantitative estimate of drug-likeness (QED) is 0.425. The van der Waals surface area contributed by atoms with Crippen LogP contribution in [0.25, 0.3) is 0 Å². The number of nitrogens with zero attached hydrogens (tertiary/aromatic N) is 1. The van der Waals surface area contributed by atoms with Gasteiger partial charge in [-0.1, -0.05) is 43.0 Å². The number of alkyl halides is 1. The van der Waals surface area contributed by atoms with E-state index in [0.717, 1.165) is 11.8 Å². The second-order valence-corrected chi connectivity index (χ2v) is 6.60. The van der Waals surface area contributed by atoms with E-state index >= 15 is 0 Å². The van der Waals surface area contributed by atoms with Gasteiger partial charge < -0.3 is 15.8 Å². The highest BCUT2D eigenvalue weighted by Crippen LogP contribution is 2.26. The zero-order valence-corrected chi connectivity index (χ0v) is 17.5. The minimum atomic E-state index is -0.759. The number of hydrogen-bond acceptors (Lipinski definition) is 5. The first kappa shape index (κ1) is 24.6. The van der Waals surface area contributed by atoms with Crippen molar-refractivity contribution in [1.29, 1.82) is 0 Å². The molecule has 8 heteroatoms. The molecule has 0 unspecified atom stereocenters. The van der Waals surface area contributed by atoms with Gasteiger partial charge in [0.1, 0.15) is 13.3 Å². The van der Waals surface area contributed by atoms with E-state index in [1.54, 1.807) is 42.5 Å². The lowest BCUT2D eigenvalue weighted by Crippen LogP contribution is -2.15. The second kappa shape index (κ2) is 12.9. The van der Waals surface area contributed by atoms with Gasteiger partial charge in [-0.15, -0.1) is 0 Å². The van der Waals surface area contributed by atoms with Crippen LogP contribution in [-0.4, -0.2) is 36.7 Å². The third-order valence-corrected chi connectivity index (χ3v) is 4.41. The van der Waals surface area contributed by atoms with Crippen LogP contribution in [0.2, 0.25) is 0 Å². The summed E-state index contributed by atoms with van der Waals surface area (Å²) >= 11 is 0. The molecule has 6 nitrogen and oxygen atoms in total. The highest BCUT2D eigenvalue weighted by Gasteiger charge is 2.16. The van der Waals surface area contributed by atoms with Gasteiger partial charge in [0, 0.05) is 18.3 Å². The lowest BCUT2D eigenvalue weighted by Gasteiger charge is -2.12. The Hall–Kier alpha value is -3.65. The molecule has 0 aliphatic heterocycles. The maximum absolute atomic E-state index is 13.9. The first-order valence-corrected chi connectivity index (χ1v) is 9.92. The summed E-state index contributed by atoms with van der Waals surface area (Å²) in [5, 5.41) is 2.54. The number of halogens is 2. The van der Waals surface area contributed by atoms with Crippen molar-refractivity contribution in [2.45, 2.75) is 12.8 Å². The van der Waals surface area contributed by atoms with Crippen LogP contribution in [0.5, 0.6) is 0 Å². The van der Waals surface area contributed by atoms with E-state index in [2.05, 4.69) is 16.9 Å². The molecule has 0 radical (unpaired) electrons. The number of ether oxygens (including phenoxy) is 1. The van der Waals surface area contributed by atoms with Crippen molar-refractivity contribution < 1.29 is 23.1 Å². The molecule has 0 atom stereocenters. The first-order valence-electron chi connectivity index (χ1n) is 9.92. The molecule has 2 rings (SSSR count). The topological polar surface area (TPSA) is 94.3 Å². The molecule has 1 aromatic heterocycles. The number of nitrogens with one attached hydrogen (secondary N) is 1. The average Bonchev–Trinajstić information content (AvgIpc) is 3.02. The SMILES string of the molecule is C=C/C=C\C(=C/CC(=O)OCCF)C1=C(CN)C=CCC(C(=O)Nc2ccncc2F)=C1. The predicted molar refractivity (Wildman–Crippen MR) is 120 cm³/mol. The molecule has 1 aromatic rings. The normalized spacial score (nSPS) is 14.2. The minimum Gasteiger partial charge on any atom is -0.463 e. The second-order valence-electron chi connectivity index (χ2n) is 6.60. The maximum atomic E-state index is 13.9. The van der Waals surface area contributed by atoms with Crippen LogP contribution in [0.1, 0.15) is 12.8 Å². The number of carbonyl (C=O) groups is 2. The van der Waals surface area contributed by atoms with Crippen molar-refractivity contribution >= 4 is 17.6 Å². The van der Waals surface area contributed by atoms with Crippen molar-refractivity contribution in [2.75, 3.05) is 25.1 Å². The number of allylic oxidation sites excluding steroid dienone is 7. The number of hydrogen-bond donors (Lipinski definition) is 2. The van der Waals surface area contributed by atoms with E-state index in [1.807, 2.05) is 0 Å². The average molecular weight is 441 g/mol. The largest absolute Gasteiger partial charge is 0.463 e. The Balaban J connectivity index is 2.40. The van der Waals surface area contributed by atoms with Crippen molar-refractivity contribution in [2.24, 2.45) is 5.73 Å². The third kappa shape index (κ3) is 7.24. The van der Waals surface area contributed by atoms with Crippen LogP contribution < -0.4 is 11.1 Å². The molecule has 0 aromatic carbocycles. The van der Waals surface area contributed by atoms with Crippen LogP contribution in [0.3, 0.4) is 0 Å². The van der Waals surface area contributed by atoms with Crippen LogP contribution in [0.4, 0.5) is 14.5 Å². The summed E-state index contributed by atoms with van der Waals surface area (Å²) in [5.74, 6) is -1.71. The molecule has 32 heavy (non-hydrogen) atoms. The number of pyridine rings is 1. The number of esters is 1. The summed E-state index contributed by atoms with van der Waals surface area (Å²) in [6, 6.07) is 1.36. The molecule has 3 N–H and O–H groups in total. The maximum Gasteiger partial charge on any atom is 0.309 e. The summed E-state index contributed by atoms with van der Waals surface area (Å²) in [5.41, 5.74) is 8.27. The summed E-state index contributed by atoms with van der Waals surface area (Å²) in [6.07, 6.45) is 14.4. The monoisotopic (exact) mass is 441 g/mol. The molecular weight excluding hydrogens is 416 g/mol. The number of amides is 1. The van der Waals surface area contributed by atoms with Crippen LogP contribution in [0.15, 0.2) is 89.9 Å². The molecule has 1 heterocycles. The lowest BCUT2D eigenvalue weighted by atomic mass is 9.96. The fourth-order valence-electron chi connectivity index (χ4n) is 2.87. The van der Waals surface area contributed by atoms with E-state index in [-0.39, 0.29) is 25.3 Å². The smallest absolute Gasteiger partial charge is 0.309 e. The molecule has 0 spiro atoms. The van der Waals surface area contributed by atoms with Crippen LogP contribution >= 0.6 is 0 Å². The van der Waals surface area contributed by atoms with Gasteiger partial charge in [-0.3, -0.25) is 14.6 Å². The summed E-state index contributed by atoms with van der Waals surface area (Å²) < 4.78 is 30.9. The molecule has 1 amide bonds. The van der Waals surface area contributed by atoms with Gasteiger partial charge in [0.05, 0.1) is 18.3 Å². The summed E-state index contributed by atoms with van der Waals surface area (Å²) in [4.78, 5) is 28.3. The number of carbonyl (C=O) groups excluding carboxylic acids is 2. The standard InChI is InChI=1S/C24H25F2N3O3/c1-2-3-5-17(8-9-23(30)32-13-11-25)20-14-18(6-4-7-19(20)15-27)24(31)29-22-10-12-28-16-21(22)26/h2-5,7-8,10,12,14,16H,1,6,9,11,13,15,27H2,(H,28,29,31)/b5-3-,17-8+. The van der Waals surface area contributed by atoms with Gasteiger partial charge in [-0.05, 0) is 35.3 Å². The van der Waals surface area contributed by atoms with Crippen LogP contribution in [0, 0.1) is 5.82 Å². The van der Waals surface area contributed by atoms with Gasteiger partial charge in [-0.25, -0.2) is 8.78 Å². The van der Waals surface area contributed by atoms with Crippen molar-refractivity contribution in [3.8, 4) is 0 Å². The van der Waals surface area contributed by atoms with Gasteiger partial charge in [0.2, 0.25) is 0 Å². The van der Waals surface area contributed by atoms with E-state index in [9.17, 15) is 18.4 Å². The number of aromatic nitrogens is 1. The molecule has 0 bridgehead atoms. The Morgan fingerprint density at radius 1 is 1.38 bits per heavy atom. The highest BCUT2D eigenvalue weighted by atomic mass is 19.1. The third-order valence-electron chi connectivity index (χ3n) is 4.41.